The number of hydrogen-bond acceptors (Lipinski definition) is 4. The van der Waals surface area contributed by atoms with Crippen LogP contribution in [-0.4, -0.2) is 33.2 Å². The molecule has 1 aromatic carbocycles. The summed E-state index contributed by atoms with van der Waals surface area (Å²) in [4.78, 5) is 18.8. The summed E-state index contributed by atoms with van der Waals surface area (Å²) < 4.78 is 0. The zero-order valence-corrected chi connectivity index (χ0v) is 12.5. The highest BCUT2D eigenvalue weighted by Crippen LogP contribution is 2.35. The Morgan fingerprint density at radius 1 is 1.17 bits per heavy atom. The number of amides is 1. The van der Waals surface area contributed by atoms with Gasteiger partial charge in [0.05, 0.1) is 23.3 Å². The van der Waals surface area contributed by atoms with Gasteiger partial charge in [-0.2, -0.15) is 0 Å². The van der Waals surface area contributed by atoms with E-state index in [9.17, 15) is 10.0 Å². The number of hydrogen-bond donors (Lipinski definition) is 1. The molecule has 2 heterocycles. The number of aromatic nitrogens is 1. The predicted octanol–water partition coefficient (Wildman–Crippen LogP) is 2.63. The summed E-state index contributed by atoms with van der Waals surface area (Å²) in [5.41, 5.74) is 2.51. The Kier molecular flexibility index (Phi) is 3.35. The van der Waals surface area contributed by atoms with Crippen molar-refractivity contribution in [3.63, 3.8) is 0 Å². The van der Waals surface area contributed by atoms with Gasteiger partial charge in [-0.05, 0) is 36.2 Å². The van der Waals surface area contributed by atoms with Crippen molar-refractivity contribution in [3.8, 4) is 0 Å². The molecule has 0 radical (unpaired) electrons. The van der Waals surface area contributed by atoms with Crippen molar-refractivity contribution in [2.24, 2.45) is 0 Å². The molecule has 2 atom stereocenters. The van der Waals surface area contributed by atoms with E-state index in [-0.39, 0.29) is 18.0 Å². The Morgan fingerprint density at radius 2 is 1.96 bits per heavy atom. The summed E-state index contributed by atoms with van der Waals surface area (Å²) in [6.45, 7) is 0.659. The molecule has 1 aliphatic heterocycles. The van der Waals surface area contributed by atoms with E-state index in [1.165, 1.54) is 0 Å². The van der Waals surface area contributed by atoms with Crippen molar-refractivity contribution in [2.45, 2.75) is 25.0 Å². The van der Waals surface area contributed by atoms with E-state index in [1.807, 2.05) is 36.4 Å². The van der Waals surface area contributed by atoms with Crippen molar-refractivity contribution in [3.05, 3.63) is 72.1 Å². The van der Waals surface area contributed by atoms with E-state index in [2.05, 4.69) is 16.0 Å². The molecule has 23 heavy (non-hydrogen) atoms. The summed E-state index contributed by atoms with van der Waals surface area (Å²) in [7, 11) is 0. The van der Waals surface area contributed by atoms with Gasteiger partial charge in [-0.1, -0.05) is 24.3 Å². The lowest BCUT2D eigenvalue weighted by Crippen LogP contribution is -2.47. The molecule has 2 aromatic rings. The van der Waals surface area contributed by atoms with E-state index in [0.717, 1.165) is 16.3 Å². The minimum atomic E-state index is -0.337. The minimum Gasteiger partial charge on any atom is -0.358 e. The highest BCUT2D eigenvalue weighted by atomic mass is 16.5. The molecular formula is C18H17N3O2. The predicted molar refractivity (Wildman–Crippen MR) is 86.2 cm³/mol. The van der Waals surface area contributed by atoms with Gasteiger partial charge in [0.1, 0.15) is 0 Å². The van der Waals surface area contributed by atoms with Gasteiger partial charge in [-0.15, -0.1) is 0 Å². The van der Waals surface area contributed by atoms with Crippen molar-refractivity contribution in [1.29, 1.82) is 0 Å². The second-order valence-corrected chi connectivity index (χ2v) is 5.87. The number of anilines is 1. The lowest BCUT2D eigenvalue weighted by molar-refractivity contribution is -0.0875. The smallest absolute Gasteiger partial charge is 0.279 e. The Morgan fingerprint density at radius 3 is 2.78 bits per heavy atom. The lowest BCUT2D eigenvalue weighted by atomic mass is 10.1. The molecule has 0 bridgehead atoms. The normalized spacial score (nSPS) is 22.7. The van der Waals surface area contributed by atoms with Crippen LogP contribution in [0.1, 0.15) is 22.3 Å². The first-order valence-electron chi connectivity index (χ1n) is 7.69. The number of fused-ring (bicyclic) bond motifs is 2. The number of pyridine rings is 1. The fourth-order valence-electron chi connectivity index (χ4n) is 3.40. The lowest BCUT2D eigenvalue weighted by Gasteiger charge is -2.33. The van der Waals surface area contributed by atoms with Crippen molar-refractivity contribution in [1.82, 2.24) is 10.0 Å². The molecule has 5 nitrogen and oxygen atoms in total. The molecule has 5 heteroatoms. The number of benzene rings is 1. The maximum atomic E-state index is 12.6. The zero-order chi connectivity index (χ0) is 15.8. The van der Waals surface area contributed by atoms with Crippen molar-refractivity contribution >= 4 is 11.6 Å². The maximum absolute atomic E-state index is 12.6. The van der Waals surface area contributed by atoms with Gasteiger partial charge >= 0.3 is 0 Å². The van der Waals surface area contributed by atoms with Gasteiger partial charge in [-0.25, -0.2) is 5.06 Å². The average Bonchev–Trinajstić information content (AvgIpc) is 3.06. The van der Waals surface area contributed by atoms with Crippen LogP contribution in [0.2, 0.25) is 0 Å². The average molecular weight is 307 g/mol. The molecule has 0 unspecified atom stereocenters. The minimum absolute atomic E-state index is 0.0410. The van der Waals surface area contributed by atoms with Gasteiger partial charge in [0.15, 0.2) is 0 Å². The molecule has 0 saturated heterocycles. The molecule has 2 aliphatic rings. The van der Waals surface area contributed by atoms with Crippen LogP contribution in [0.3, 0.4) is 0 Å². The summed E-state index contributed by atoms with van der Waals surface area (Å²) in [6.07, 6.45) is 8.30. The van der Waals surface area contributed by atoms with Crippen molar-refractivity contribution < 1.29 is 10.0 Å². The number of para-hydroxylation sites is 1. The first-order chi connectivity index (χ1) is 11.3. The Balaban J connectivity index is 1.82. The number of carbonyl (C=O) groups excluding carboxylic acids is 1. The molecule has 1 N–H and O–H groups in total. The Labute approximate surface area is 134 Å². The van der Waals surface area contributed by atoms with Gasteiger partial charge in [0.2, 0.25) is 0 Å². The molecule has 0 fully saturated rings. The highest BCUT2D eigenvalue weighted by molar-refractivity contribution is 6.00. The zero-order valence-electron chi connectivity index (χ0n) is 12.5. The molecule has 4 rings (SSSR count). The number of nitrogens with zero attached hydrogens (tertiary/aromatic N) is 3. The van der Waals surface area contributed by atoms with Crippen LogP contribution in [0, 0.1) is 0 Å². The van der Waals surface area contributed by atoms with Gasteiger partial charge in [0.25, 0.3) is 5.91 Å². The highest BCUT2D eigenvalue weighted by Gasteiger charge is 2.40. The second-order valence-electron chi connectivity index (χ2n) is 5.87. The van der Waals surface area contributed by atoms with E-state index in [0.29, 0.717) is 18.5 Å². The molecular weight excluding hydrogens is 290 g/mol. The van der Waals surface area contributed by atoms with E-state index in [4.69, 9.17) is 0 Å². The number of hydroxylamine groups is 2. The largest absolute Gasteiger partial charge is 0.358 e. The number of rotatable bonds is 2. The molecule has 0 spiro atoms. The third-order valence-electron chi connectivity index (χ3n) is 4.53. The van der Waals surface area contributed by atoms with E-state index < -0.39 is 0 Å². The third kappa shape index (κ3) is 2.29. The van der Waals surface area contributed by atoms with Crippen LogP contribution >= 0.6 is 0 Å². The monoisotopic (exact) mass is 307 g/mol. The maximum Gasteiger partial charge on any atom is 0.279 e. The van der Waals surface area contributed by atoms with Crippen LogP contribution in [0.5, 0.6) is 0 Å². The summed E-state index contributed by atoms with van der Waals surface area (Å²) in [6, 6.07) is 11.1. The SMILES string of the molecule is O=C1c2ccccc2N(Cc2ccncc2)[C@@H]2C=CC[C@@H]2N1O. The summed E-state index contributed by atoms with van der Waals surface area (Å²) >= 11 is 0. The first kappa shape index (κ1) is 14.0. The van der Waals surface area contributed by atoms with E-state index >= 15 is 0 Å². The fraction of sp³-hybridized carbons (Fsp3) is 0.222. The van der Waals surface area contributed by atoms with Crippen LogP contribution in [0.15, 0.2) is 60.9 Å². The van der Waals surface area contributed by atoms with Gasteiger partial charge in [-0.3, -0.25) is 15.0 Å². The Hall–Kier alpha value is -2.66. The molecule has 0 saturated carbocycles. The summed E-state index contributed by atoms with van der Waals surface area (Å²) in [5.74, 6) is -0.337. The topological polar surface area (TPSA) is 56.7 Å². The number of carbonyl (C=O) groups is 1. The van der Waals surface area contributed by atoms with E-state index in [1.54, 1.807) is 18.5 Å². The van der Waals surface area contributed by atoms with Gasteiger partial charge < -0.3 is 4.90 Å². The van der Waals surface area contributed by atoms with Crippen LogP contribution in [0.25, 0.3) is 0 Å². The Bertz CT molecular complexity index is 760. The van der Waals surface area contributed by atoms with Gasteiger partial charge in [0, 0.05) is 18.9 Å². The quantitative estimate of drug-likeness (QED) is 0.684. The first-order valence-corrected chi connectivity index (χ1v) is 7.69. The standard InChI is InChI=1S/C18H17N3O2/c22-18-14-4-1-2-5-15(14)20(12-13-8-10-19-11-9-13)16-6-3-7-17(16)21(18)23/h1-6,8-11,16-17,23H,7,12H2/t16-,17+/m1/s1. The molecule has 1 aromatic heterocycles. The molecule has 1 amide bonds. The van der Waals surface area contributed by atoms with Crippen LogP contribution in [-0.2, 0) is 6.54 Å². The van der Waals surface area contributed by atoms with Crippen molar-refractivity contribution in [2.75, 3.05) is 4.90 Å². The molecule has 116 valence electrons. The molecule has 1 aliphatic carbocycles. The van der Waals surface area contributed by atoms with Crippen LogP contribution < -0.4 is 4.90 Å². The third-order valence-corrected chi connectivity index (χ3v) is 4.53. The second kappa shape index (κ2) is 5.52. The van der Waals surface area contributed by atoms with Crippen LogP contribution in [0.4, 0.5) is 5.69 Å². The summed E-state index contributed by atoms with van der Waals surface area (Å²) in [5, 5.41) is 11.3. The fourth-order valence-corrected chi connectivity index (χ4v) is 3.40.